The van der Waals surface area contributed by atoms with Gasteiger partial charge in [0, 0.05) is 65.5 Å². The van der Waals surface area contributed by atoms with E-state index < -0.39 is 0 Å². The third kappa shape index (κ3) is 5.03. The second-order valence-corrected chi connectivity index (χ2v) is 6.51. The van der Waals surface area contributed by atoms with Crippen molar-refractivity contribution in [1.29, 1.82) is 0 Å². The van der Waals surface area contributed by atoms with Crippen LogP contribution in [0.1, 0.15) is 22.8 Å². The third-order valence-electron chi connectivity index (χ3n) is 4.42. The van der Waals surface area contributed by atoms with Gasteiger partial charge in [0.15, 0.2) is 0 Å². The topological polar surface area (TPSA) is 36.0 Å². The first kappa shape index (κ1) is 17.9. The van der Waals surface area contributed by atoms with E-state index in [2.05, 4.69) is 22.8 Å². The van der Waals surface area contributed by atoms with Crippen molar-refractivity contribution in [1.82, 2.24) is 14.7 Å². The zero-order valence-corrected chi connectivity index (χ0v) is 14.8. The summed E-state index contributed by atoms with van der Waals surface area (Å²) in [4.78, 5) is 18.6. The Morgan fingerprint density at radius 2 is 2.13 bits per heavy atom. The van der Waals surface area contributed by atoms with Crippen molar-refractivity contribution in [3.63, 3.8) is 0 Å². The van der Waals surface area contributed by atoms with Crippen LogP contribution in [-0.2, 0) is 11.3 Å². The molecular formula is C18H29N3O2. The number of amides is 1. The molecule has 1 saturated heterocycles. The number of nitrogens with zero attached hydrogens (tertiary/aromatic N) is 3. The highest BCUT2D eigenvalue weighted by Crippen LogP contribution is 2.14. The molecule has 1 aromatic rings. The van der Waals surface area contributed by atoms with E-state index in [1.165, 1.54) is 5.56 Å². The van der Waals surface area contributed by atoms with Gasteiger partial charge in [0.05, 0.1) is 6.61 Å². The van der Waals surface area contributed by atoms with Crippen molar-refractivity contribution in [3.8, 4) is 0 Å². The van der Waals surface area contributed by atoms with Gasteiger partial charge in [0.2, 0.25) is 0 Å². The van der Waals surface area contributed by atoms with Crippen molar-refractivity contribution in [3.05, 3.63) is 35.4 Å². The monoisotopic (exact) mass is 319 g/mol. The van der Waals surface area contributed by atoms with Crippen molar-refractivity contribution >= 4 is 5.91 Å². The molecule has 1 aliphatic rings. The molecule has 0 radical (unpaired) electrons. The van der Waals surface area contributed by atoms with Gasteiger partial charge in [-0.25, -0.2) is 0 Å². The maximum atomic E-state index is 12.1. The van der Waals surface area contributed by atoms with E-state index in [9.17, 15) is 4.79 Å². The van der Waals surface area contributed by atoms with Gasteiger partial charge in [0.25, 0.3) is 5.91 Å². The molecule has 5 heteroatoms. The number of benzene rings is 1. The van der Waals surface area contributed by atoms with E-state index >= 15 is 0 Å². The van der Waals surface area contributed by atoms with Crippen LogP contribution < -0.4 is 0 Å². The van der Waals surface area contributed by atoms with Crippen molar-refractivity contribution in [2.24, 2.45) is 0 Å². The van der Waals surface area contributed by atoms with E-state index in [1.807, 2.05) is 18.2 Å². The summed E-state index contributed by atoms with van der Waals surface area (Å²) in [5.74, 6) is 0.0598. The van der Waals surface area contributed by atoms with E-state index in [1.54, 1.807) is 26.1 Å². The maximum absolute atomic E-state index is 12.1. The lowest BCUT2D eigenvalue weighted by Crippen LogP contribution is -2.52. The summed E-state index contributed by atoms with van der Waals surface area (Å²) in [6.45, 7) is 8.14. The van der Waals surface area contributed by atoms with E-state index in [4.69, 9.17) is 4.74 Å². The number of hydrogen-bond donors (Lipinski definition) is 0. The van der Waals surface area contributed by atoms with E-state index in [-0.39, 0.29) is 5.91 Å². The highest BCUT2D eigenvalue weighted by Gasteiger charge is 2.23. The highest BCUT2D eigenvalue weighted by molar-refractivity contribution is 5.94. The molecule has 1 aromatic carbocycles. The summed E-state index contributed by atoms with van der Waals surface area (Å²) >= 11 is 0. The average molecular weight is 319 g/mol. The lowest BCUT2D eigenvalue weighted by atomic mass is 10.1. The van der Waals surface area contributed by atoms with Gasteiger partial charge in [0.1, 0.15) is 0 Å². The minimum Gasteiger partial charge on any atom is -0.383 e. The molecule has 0 spiro atoms. The van der Waals surface area contributed by atoms with Crippen LogP contribution in [0.2, 0.25) is 0 Å². The Labute approximate surface area is 139 Å². The molecule has 128 valence electrons. The van der Waals surface area contributed by atoms with Gasteiger partial charge < -0.3 is 9.64 Å². The maximum Gasteiger partial charge on any atom is 0.253 e. The molecule has 0 N–H and O–H groups in total. The zero-order valence-electron chi connectivity index (χ0n) is 14.8. The Morgan fingerprint density at radius 3 is 2.78 bits per heavy atom. The Morgan fingerprint density at radius 1 is 1.35 bits per heavy atom. The van der Waals surface area contributed by atoms with Crippen LogP contribution in [0.4, 0.5) is 0 Å². The molecule has 0 bridgehead atoms. The molecule has 0 aliphatic carbocycles. The molecule has 0 aromatic heterocycles. The predicted octanol–water partition coefficient (Wildman–Crippen LogP) is 1.54. The second kappa shape index (κ2) is 8.43. The molecule has 23 heavy (non-hydrogen) atoms. The largest absolute Gasteiger partial charge is 0.383 e. The Hall–Kier alpha value is -1.43. The number of piperazine rings is 1. The summed E-state index contributed by atoms with van der Waals surface area (Å²) in [6.07, 6.45) is 0. The van der Waals surface area contributed by atoms with Crippen LogP contribution in [0.3, 0.4) is 0 Å². The van der Waals surface area contributed by atoms with Crippen LogP contribution in [0, 0.1) is 0 Å². The van der Waals surface area contributed by atoms with Gasteiger partial charge in [-0.05, 0) is 24.6 Å². The normalized spacial score (nSPS) is 19.7. The SMILES string of the molecule is COCCN1CCN(Cc2cccc(C(=O)N(C)C)c2)C[C@@H]1C. The average Bonchev–Trinajstić information content (AvgIpc) is 2.53. The van der Waals surface area contributed by atoms with Gasteiger partial charge in [-0.2, -0.15) is 0 Å². The summed E-state index contributed by atoms with van der Waals surface area (Å²) < 4.78 is 5.18. The van der Waals surface area contributed by atoms with Crippen LogP contribution in [0.15, 0.2) is 24.3 Å². The lowest BCUT2D eigenvalue weighted by Gasteiger charge is -2.39. The number of carbonyl (C=O) groups excluding carboxylic acids is 1. The second-order valence-electron chi connectivity index (χ2n) is 6.51. The molecule has 1 atom stereocenters. The number of rotatable bonds is 6. The molecule has 1 fully saturated rings. The Bertz CT molecular complexity index is 519. The first-order valence-corrected chi connectivity index (χ1v) is 8.27. The predicted molar refractivity (Wildman–Crippen MR) is 92.6 cm³/mol. The third-order valence-corrected chi connectivity index (χ3v) is 4.42. The number of carbonyl (C=O) groups is 1. The van der Waals surface area contributed by atoms with Crippen LogP contribution in [0.5, 0.6) is 0 Å². The van der Waals surface area contributed by atoms with Gasteiger partial charge in [-0.1, -0.05) is 12.1 Å². The molecule has 0 unspecified atom stereocenters. The zero-order chi connectivity index (χ0) is 16.8. The molecule has 1 amide bonds. The highest BCUT2D eigenvalue weighted by atomic mass is 16.5. The van der Waals surface area contributed by atoms with Crippen LogP contribution >= 0.6 is 0 Å². The van der Waals surface area contributed by atoms with E-state index in [0.29, 0.717) is 6.04 Å². The van der Waals surface area contributed by atoms with E-state index in [0.717, 1.165) is 44.9 Å². The van der Waals surface area contributed by atoms with Crippen molar-refractivity contribution < 1.29 is 9.53 Å². The lowest BCUT2D eigenvalue weighted by molar-refractivity contribution is 0.0557. The minimum atomic E-state index is 0.0598. The molecule has 0 saturated carbocycles. The number of hydrogen-bond acceptors (Lipinski definition) is 4. The Kier molecular flexibility index (Phi) is 6.57. The molecule has 5 nitrogen and oxygen atoms in total. The van der Waals surface area contributed by atoms with Crippen LogP contribution in [-0.4, -0.2) is 80.6 Å². The van der Waals surface area contributed by atoms with Gasteiger partial charge in [-0.15, -0.1) is 0 Å². The quantitative estimate of drug-likeness (QED) is 0.797. The minimum absolute atomic E-state index is 0.0598. The van der Waals surface area contributed by atoms with Crippen molar-refractivity contribution in [2.45, 2.75) is 19.5 Å². The number of methoxy groups -OCH3 is 1. The fourth-order valence-corrected chi connectivity index (χ4v) is 3.07. The molecule has 2 rings (SSSR count). The smallest absolute Gasteiger partial charge is 0.253 e. The molecular weight excluding hydrogens is 290 g/mol. The molecule has 1 aliphatic heterocycles. The van der Waals surface area contributed by atoms with Gasteiger partial charge >= 0.3 is 0 Å². The fourth-order valence-electron chi connectivity index (χ4n) is 3.07. The first-order chi connectivity index (χ1) is 11.0. The fraction of sp³-hybridized carbons (Fsp3) is 0.611. The Balaban J connectivity index is 1.93. The summed E-state index contributed by atoms with van der Waals surface area (Å²) in [5, 5.41) is 0. The molecule has 1 heterocycles. The summed E-state index contributed by atoms with van der Waals surface area (Å²) in [7, 11) is 5.33. The van der Waals surface area contributed by atoms with Crippen molar-refractivity contribution in [2.75, 3.05) is 54.0 Å². The standard InChI is InChI=1S/C18H29N3O2/c1-15-13-20(8-9-21(15)10-11-23-4)14-16-6-5-7-17(12-16)18(22)19(2)3/h5-7,12,15H,8-11,13-14H2,1-4H3/t15-/m0/s1. The first-order valence-electron chi connectivity index (χ1n) is 8.27. The summed E-state index contributed by atoms with van der Waals surface area (Å²) in [6, 6.07) is 8.52. The number of ether oxygens (including phenoxy) is 1. The van der Waals surface area contributed by atoms with Gasteiger partial charge in [-0.3, -0.25) is 14.6 Å². The summed E-state index contributed by atoms with van der Waals surface area (Å²) in [5.41, 5.74) is 1.97. The van der Waals surface area contributed by atoms with Crippen LogP contribution in [0.25, 0.3) is 0 Å².